The minimum atomic E-state index is -1.72. The predicted octanol–water partition coefficient (Wildman–Crippen LogP) is 3.21. The van der Waals surface area contributed by atoms with Crippen LogP contribution in [-0.2, 0) is 99.2 Å². The van der Waals surface area contributed by atoms with E-state index in [-0.39, 0.29) is 130 Å². The number of rotatable bonds is 55. The van der Waals surface area contributed by atoms with Crippen LogP contribution in [0.4, 0.5) is 4.79 Å². The van der Waals surface area contributed by atoms with E-state index in [2.05, 4.69) is 109 Å². The fraction of sp³-hybridized carbons (Fsp3) is 0.495. The fourth-order valence-corrected chi connectivity index (χ4v) is 15.7. The molecule has 12 amide bonds. The molecule has 0 unspecified atom stereocenters. The number of carboxylic acid groups (broad SMARTS) is 2. The zero-order valence-electron chi connectivity index (χ0n) is 75.0. The number of aromatic nitrogens is 9. The summed E-state index contributed by atoms with van der Waals surface area (Å²) in [5.74, 6) is -14.0. The van der Waals surface area contributed by atoms with Crippen LogP contribution in [0, 0.1) is 23.7 Å². The number of para-hydroxylation sites is 1. The molecule has 5 aromatic heterocycles. The van der Waals surface area contributed by atoms with E-state index < -0.39 is 168 Å². The second kappa shape index (κ2) is 50.3. The summed E-state index contributed by atoms with van der Waals surface area (Å²) in [6, 6.07) is 5.37. The van der Waals surface area contributed by atoms with Crippen LogP contribution < -0.4 is 75.3 Å². The number of aliphatic carboxylic acids is 2. The van der Waals surface area contributed by atoms with Crippen LogP contribution >= 0.6 is 0 Å². The maximum Gasteiger partial charge on any atom is 0.407 e. The molecule has 23 N–H and O–H groups in total. The molecule has 40 heteroatoms. The van der Waals surface area contributed by atoms with Crippen LogP contribution in [0.3, 0.4) is 0 Å². The second-order valence-corrected chi connectivity index (χ2v) is 34.7. The van der Waals surface area contributed by atoms with E-state index in [0.717, 1.165) is 33.2 Å². The number of imidazole rings is 4. The number of ether oxygens (including phenoxy) is 1. The molecule has 1 aliphatic rings. The number of carbonyl (C=O) groups is 14. The van der Waals surface area contributed by atoms with Crippen LogP contribution in [0.1, 0.15) is 178 Å². The molecule has 0 saturated carbocycles. The third-order valence-electron chi connectivity index (χ3n) is 22.2. The first-order valence-corrected chi connectivity index (χ1v) is 44.5. The number of alkyl carbamates (subject to hydrolysis) is 1. The van der Waals surface area contributed by atoms with Gasteiger partial charge in [0.15, 0.2) is 0 Å². The monoisotopic (exact) mass is 1810 g/mol. The van der Waals surface area contributed by atoms with Gasteiger partial charge in [0.25, 0.3) is 0 Å². The standard InChI is InChI=1S/C91H125N23O17/c1-50(2)31-69(106-81(119)68(27-28-78(115)116)104-86(124)73(36-55-41-94-46-99-55)109-83(121)70(32-51(3)4)105-79(117)66(25-15-17-29-92)103-80(118)67(26-16-18-30-93)114-91(130)131-45-64-62-22-11-9-20-60(62)61-21-10-12-23-63(61)64)82(120)107-71(33-52(5)6)84(122)110-75(38-57-43-96-48-101-57)88(126)112-74(37-56-42-95-47-100-56)87(125)108-72(34-53(7)8)85(123)111-76(39-58-44-97-49-102-58)89(127)113-77(90(128)129)35-54-40-98-65-24-14-13-19-59(54)65/h9-14,19-24,40-44,46-53,64,66-77,98H,15-18,25-39,45,92-93H2,1-8H3,(H,94,99)(H,95,100)(H,96,101)(H,97,102)(H,103,118)(H,104,124)(H,105,117)(H,106,119)(H,107,120)(H,108,125)(H,109,121)(H,110,122)(H,111,123)(H,112,126)(H,113,127)(H,114,130)(H,115,116)(H,128,129)/t66-,67-,68-,69-,70-,71-,72-,73-,74-,75-,76-,77-/m0/s1. The summed E-state index contributed by atoms with van der Waals surface area (Å²) in [5, 5.41) is 53.8. The number of hydrogen-bond donors (Lipinski definition) is 21. The van der Waals surface area contributed by atoms with Crippen LogP contribution in [0.15, 0.2) is 129 Å². The summed E-state index contributed by atoms with van der Waals surface area (Å²) >= 11 is 0. The Morgan fingerprint density at radius 3 is 1.00 bits per heavy atom. The number of benzene rings is 3. The van der Waals surface area contributed by atoms with Gasteiger partial charge in [-0.15, -0.1) is 0 Å². The number of carboxylic acids is 2. The molecule has 0 spiro atoms. The molecule has 3 aromatic carbocycles. The summed E-state index contributed by atoms with van der Waals surface area (Å²) in [4.78, 5) is 233. The molecule has 12 atom stereocenters. The molecule has 706 valence electrons. The van der Waals surface area contributed by atoms with Gasteiger partial charge < -0.3 is 115 Å². The molecule has 5 heterocycles. The molecule has 0 bridgehead atoms. The van der Waals surface area contributed by atoms with E-state index in [1.165, 1.54) is 50.1 Å². The minimum Gasteiger partial charge on any atom is -0.481 e. The van der Waals surface area contributed by atoms with Crippen molar-refractivity contribution >= 4 is 93.9 Å². The molecule has 1 aliphatic carbocycles. The predicted molar refractivity (Wildman–Crippen MR) is 483 cm³/mol. The largest absolute Gasteiger partial charge is 0.481 e. The zero-order valence-corrected chi connectivity index (χ0v) is 75.0. The average molecular weight is 1810 g/mol. The third-order valence-corrected chi connectivity index (χ3v) is 22.2. The summed E-state index contributed by atoms with van der Waals surface area (Å²) in [6.45, 7) is 14.7. The highest BCUT2D eigenvalue weighted by Crippen LogP contribution is 2.44. The molecule has 9 rings (SSSR count). The van der Waals surface area contributed by atoms with E-state index in [0.29, 0.717) is 43.5 Å². The molecule has 0 saturated heterocycles. The van der Waals surface area contributed by atoms with Crippen LogP contribution in [0.5, 0.6) is 0 Å². The fourth-order valence-electron chi connectivity index (χ4n) is 15.7. The molecule has 131 heavy (non-hydrogen) atoms. The van der Waals surface area contributed by atoms with Crippen molar-refractivity contribution in [2.24, 2.45) is 35.1 Å². The van der Waals surface area contributed by atoms with E-state index in [1.54, 1.807) is 67.7 Å². The SMILES string of the molecule is CC(C)C[C@H](NC(=O)[C@H](Cc1c[nH]cn1)NC(=O)[C@H](Cc1c[nH]cn1)NC(=O)[C@H](CC(C)C)NC(=O)[C@H](CC(C)C)NC(=O)[C@H](CCC(=O)O)NC(=O)[C@H](Cc1c[nH]cn1)NC(=O)[C@H](CC(C)C)NC(=O)[C@H](CCCCN)NC(=O)[C@H](CCCCN)NC(=O)OCC1c2ccccc2-c2ccccc21)C(=O)N[C@@H](Cc1c[nH]cn1)C(=O)N[C@@H](Cc1c[nH]c2ccccc12)C(=O)O. The highest BCUT2D eigenvalue weighted by atomic mass is 16.5. The first-order chi connectivity index (χ1) is 62.7. The van der Waals surface area contributed by atoms with Gasteiger partial charge in [0.1, 0.15) is 79.1 Å². The van der Waals surface area contributed by atoms with Gasteiger partial charge in [-0.05, 0) is 141 Å². The second-order valence-electron chi connectivity index (χ2n) is 34.7. The van der Waals surface area contributed by atoms with Crippen molar-refractivity contribution in [1.29, 1.82) is 0 Å². The zero-order chi connectivity index (χ0) is 94.8. The number of hydrogen-bond acceptors (Lipinski definition) is 21. The summed E-state index contributed by atoms with van der Waals surface area (Å²) in [6.07, 6.45) is 11.2. The van der Waals surface area contributed by atoms with Gasteiger partial charge in [0, 0.05) is 86.3 Å². The first kappa shape index (κ1) is 101. The lowest BCUT2D eigenvalue weighted by molar-refractivity contribution is -0.142. The van der Waals surface area contributed by atoms with Crippen LogP contribution in [0.25, 0.3) is 22.0 Å². The number of nitrogens with two attached hydrogens (primary N) is 2. The molecule has 0 fully saturated rings. The Morgan fingerprint density at radius 2 is 0.664 bits per heavy atom. The Balaban J connectivity index is 0.885. The maximum atomic E-state index is 15.1. The Bertz CT molecular complexity index is 5050. The number of unbranched alkanes of at least 4 members (excludes halogenated alkanes) is 2. The Labute approximate surface area is 758 Å². The van der Waals surface area contributed by atoms with Crippen molar-refractivity contribution in [1.82, 2.24) is 109 Å². The molecule has 8 aromatic rings. The van der Waals surface area contributed by atoms with Crippen molar-refractivity contribution in [2.75, 3.05) is 19.7 Å². The maximum absolute atomic E-state index is 15.1. The van der Waals surface area contributed by atoms with Crippen LogP contribution in [0.2, 0.25) is 0 Å². The van der Waals surface area contributed by atoms with Gasteiger partial charge in [0.05, 0.1) is 48.1 Å². The number of nitrogens with one attached hydrogen (secondary N) is 17. The Kier molecular flexibility index (Phi) is 38.8. The number of H-pyrrole nitrogens is 5. The van der Waals surface area contributed by atoms with Gasteiger partial charge in [-0.25, -0.2) is 29.5 Å². The van der Waals surface area contributed by atoms with Crippen molar-refractivity contribution in [3.63, 3.8) is 0 Å². The van der Waals surface area contributed by atoms with Gasteiger partial charge in [-0.2, -0.15) is 0 Å². The van der Waals surface area contributed by atoms with Gasteiger partial charge >= 0.3 is 18.0 Å². The molecule has 0 aliphatic heterocycles. The number of amides is 12. The van der Waals surface area contributed by atoms with Crippen molar-refractivity contribution in [3.8, 4) is 11.1 Å². The lowest BCUT2D eigenvalue weighted by Crippen LogP contribution is -2.61. The quantitative estimate of drug-likeness (QED) is 0.0243. The highest BCUT2D eigenvalue weighted by molar-refractivity contribution is 6.00. The number of carbonyl (C=O) groups excluding carboxylic acids is 12. The van der Waals surface area contributed by atoms with E-state index in [4.69, 9.17) is 16.2 Å². The third kappa shape index (κ3) is 31.3. The topological polar surface area (TPSA) is 616 Å². The summed E-state index contributed by atoms with van der Waals surface area (Å²) < 4.78 is 5.83. The number of fused-ring (bicyclic) bond motifs is 4. The summed E-state index contributed by atoms with van der Waals surface area (Å²) in [7, 11) is 0. The smallest absolute Gasteiger partial charge is 0.407 e. The van der Waals surface area contributed by atoms with E-state index in [1.807, 2.05) is 66.7 Å². The summed E-state index contributed by atoms with van der Waals surface area (Å²) in [5.41, 5.74) is 18.3. The minimum absolute atomic E-state index is 0.0102. The highest BCUT2D eigenvalue weighted by Gasteiger charge is 2.40. The molecule has 40 nitrogen and oxygen atoms in total. The van der Waals surface area contributed by atoms with Gasteiger partial charge in [-0.1, -0.05) is 122 Å². The van der Waals surface area contributed by atoms with E-state index in [9.17, 15) is 67.7 Å². The van der Waals surface area contributed by atoms with Gasteiger partial charge in [-0.3, -0.25) is 57.5 Å². The lowest BCUT2D eigenvalue weighted by atomic mass is 9.98. The van der Waals surface area contributed by atoms with Crippen LogP contribution in [-0.4, -0.2) is 230 Å². The van der Waals surface area contributed by atoms with Gasteiger partial charge in [0.2, 0.25) is 65.0 Å². The molecular weight excluding hydrogens is 1690 g/mol. The van der Waals surface area contributed by atoms with Crippen molar-refractivity contribution in [3.05, 3.63) is 169 Å². The molecular formula is C91H125N23O17. The van der Waals surface area contributed by atoms with E-state index >= 15 is 9.59 Å². The lowest BCUT2D eigenvalue weighted by Gasteiger charge is -2.29. The number of aromatic amines is 5. The first-order valence-electron chi connectivity index (χ1n) is 44.5. The van der Waals surface area contributed by atoms with Crippen molar-refractivity contribution in [2.45, 2.75) is 243 Å². The number of nitrogens with zero attached hydrogens (tertiary/aromatic N) is 4. The normalized spacial score (nSPS) is 14.5. The van der Waals surface area contributed by atoms with Crippen molar-refractivity contribution < 1.29 is 82.1 Å². The average Bonchev–Trinajstić information content (AvgIpc) is 1.61. The Morgan fingerprint density at radius 1 is 0.359 bits per heavy atom. The molecule has 0 radical (unpaired) electrons. The Hall–Kier alpha value is -13.7.